The molecule has 2 N–H and O–H groups in total. The topological polar surface area (TPSA) is 59.5 Å². The number of hydrogen-bond acceptors (Lipinski definition) is 4. The van der Waals surface area contributed by atoms with E-state index in [4.69, 9.17) is 21.8 Å². The highest BCUT2D eigenvalue weighted by Gasteiger charge is 2.42. The number of nitrogens with two attached hydrogens (primary N) is 1. The fourth-order valence-corrected chi connectivity index (χ4v) is 5.25. The molecule has 132 valence electrons. The second-order valence-corrected chi connectivity index (χ2v) is 8.42. The summed E-state index contributed by atoms with van der Waals surface area (Å²) in [6.07, 6.45) is 2.36. The van der Waals surface area contributed by atoms with Gasteiger partial charge in [-0.1, -0.05) is 23.4 Å². The van der Waals surface area contributed by atoms with Crippen LogP contribution in [0.5, 0.6) is 0 Å². The zero-order chi connectivity index (χ0) is 17.6. The third-order valence-corrected chi connectivity index (χ3v) is 6.69. The molecule has 1 aromatic heterocycles. The summed E-state index contributed by atoms with van der Waals surface area (Å²) in [6.45, 7) is 4.55. The van der Waals surface area contributed by atoms with Gasteiger partial charge in [0.2, 0.25) is 0 Å². The van der Waals surface area contributed by atoms with Crippen molar-refractivity contribution in [2.45, 2.75) is 41.7 Å². The molecule has 3 saturated heterocycles. The van der Waals surface area contributed by atoms with Crippen LogP contribution in [0.15, 0.2) is 44.7 Å². The van der Waals surface area contributed by atoms with Crippen LogP contribution in [-0.2, 0) is 0 Å². The number of furan rings is 1. The highest BCUT2D eigenvalue weighted by Crippen LogP contribution is 2.46. The minimum absolute atomic E-state index is 0.313. The molecule has 0 radical (unpaired) electrons. The molecule has 2 atom stereocenters. The molecule has 0 spiro atoms. The summed E-state index contributed by atoms with van der Waals surface area (Å²) < 4.78 is 5.86. The van der Waals surface area contributed by atoms with Crippen molar-refractivity contribution in [2.24, 2.45) is 11.7 Å². The Balaban J connectivity index is 1.66. The zero-order valence-electron chi connectivity index (χ0n) is 14.1. The lowest BCUT2D eigenvalue weighted by atomic mass is 9.71. The van der Waals surface area contributed by atoms with E-state index in [2.05, 4.69) is 11.8 Å². The summed E-state index contributed by atoms with van der Waals surface area (Å²) in [7, 11) is 0. The quantitative estimate of drug-likeness (QED) is 0.860. The number of halogens is 1. The van der Waals surface area contributed by atoms with Gasteiger partial charge in [0.15, 0.2) is 10.9 Å². The van der Waals surface area contributed by atoms with Crippen LogP contribution in [0.1, 0.15) is 41.8 Å². The van der Waals surface area contributed by atoms with E-state index in [1.807, 2.05) is 30.3 Å². The molecule has 0 unspecified atom stereocenters. The summed E-state index contributed by atoms with van der Waals surface area (Å²) >= 11 is 7.43. The molecule has 1 aromatic carbocycles. The Labute approximate surface area is 156 Å². The van der Waals surface area contributed by atoms with Gasteiger partial charge in [0.1, 0.15) is 0 Å². The average molecular weight is 377 g/mol. The van der Waals surface area contributed by atoms with E-state index in [1.165, 1.54) is 24.6 Å². The fraction of sp³-hybridized carbons (Fsp3) is 0.421. The predicted octanol–water partition coefficient (Wildman–Crippen LogP) is 4.38. The molecule has 0 saturated carbocycles. The van der Waals surface area contributed by atoms with Crippen LogP contribution in [0.25, 0.3) is 0 Å². The van der Waals surface area contributed by atoms with Gasteiger partial charge in [0.05, 0.1) is 0 Å². The normalized spacial score (nSPS) is 28.2. The number of fused-ring (bicyclic) bond motifs is 3. The van der Waals surface area contributed by atoms with Crippen molar-refractivity contribution in [1.29, 1.82) is 0 Å². The minimum Gasteiger partial charge on any atom is -0.444 e. The molecule has 0 aliphatic carbocycles. The van der Waals surface area contributed by atoms with E-state index in [0.29, 0.717) is 33.8 Å². The first kappa shape index (κ1) is 17.0. The number of primary amides is 1. The molecule has 3 aliphatic rings. The van der Waals surface area contributed by atoms with Crippen LogP contribution in [0, 0.1) is 5.92 Å². The first-order valence-electron chi connectivity index (χ1n) is 8.64. The highest BCUT2D eigenvalue weighted by atomic mass is 35.5. The number of carbonyl (C=O) groups excluding carboxylic acids is 1. The number of piperidine rings is 3. The number of benzene rings is 1. The molecule has 25 heavy (non-hydrogen) atoms. The van der Waals surface area contributed by atoms with Crippen molar-refractivity contribution in [2.75, 3.05) is 13.1 Å². The van der Waals surface area contributed by atoms with Gasteiger partial charge in [-0.3, -0.25) is 4.79 Å². The lowest BCUT2D eigenvalue weighted by molar-refractivity contribution is 0.0343. The van der Waals surface area contributed by atoms with Crippen LogP contribution in [0.3, 0.4) is 0 Å². The SMILES string of the molecule is C[C@H]1[C@@H](c2cc(Sc3ccc(Cl)cc3)oc2C(N)=O)C2CCN1CC2. The molecule has 3 fully saturated rings. The Morgan fingerprint density at radius 1 is 1.28 bits per heavy atom. The molecule has 1 amide bonds. The zero-order valence-corrected chi connectivity index (χ0v) is 15.6. The highest BCUT2D eigenvalue weighted by molar-refractivity contribution is 7.99. The van der Waals surface area contributed by atoms with Crippen LogP contribution < -0.4 is 5.73 Å². The number of hydrogen-bond donors (Lipinski definition) is 1. The second kappa shape index (κ2) is 6.71. The Hall–Kier alpha value is -1.43. The van der Waals surface area contributed by atoms with Gasteiger partial charge in [-0.15, -0.1) is 0 Å². The van der Waals surface area contributed by atoms with Crippen LogP contribution in [0.4, 0.5) is 0 Å². The van der Waals surface area contributed by atoms with Crippen molar-refractivity contribution in [3.63, 3.8) is 0 Å². The fourth-order valence-electron chi connectivity index (χ4n) is 4.31. The number of amides is 1. The molecule has 2 bridgehead atoms. The maximum absolute atomic E-state index is 12.0. The first-order chi connectivity index (χ1) is 12.0. The molecule has 4 heterocycles. The average Bonchev–Trinajstić information content (AvgIpc) is 3.02. The van der Waals surface area contributed by atoms with Crippen LogP contribution >= 0.6 is 23.4 Å². The van der Waals surface area contributed by atoms with Gasteiger partial charge in [0.25, 0.3) is 5.91 Å². The van der Waals surface area contributed by atoms with Gasteiger partial charge >= 0.3 is 0 Å². The smallest absolute Gasteiger partial charge is 0.284 e. The van der Waals surface area contributed by atoms with Crippen molar-refractivity contribution < 1.29 is 9.21 Å². The van der Waals surface area contributed by atoms with E-state index >= 15 is 0 Å². The first-order valence-corrected chi connectivity index (χ1v) is 9.83. The Morgan fingerprint density at radius 3 is 2.56 bits per heavy atom. The van der Waals surface area contributed by atoms with Crippen LogP contribution in [0.2, 0.25) is 5.02 Å². The summed E-state index contributed by atoms with van der Waals surface area (Å²) in [5.41, 5.74) is 6.60. The molecule has 4 nitrogen and oxygen atoms in total. The summed E-state index contributed by atoms with van der Waals surface area (Å²) in [5, 5.41) is 1.40. The number of nitrogens with zero attached hydrogens (tertiary/aromatic N) is 1. The van der Waals surface area contributed by atoms with Crippen molar-refractivity contribution in [3.8, 4) is 0 Å². The summed E-state index contributed by atoms with van der Waals surface area (Å²) in [4.78, 5) is 15.5. The molecular formula is C19H21ClN2O2S. The molecular weight excluding hydrogens is 356 g/mol. The largest absolute Gasteiger partial charge is 0.444 e. The van der Waals surface area contributed by atoms with Crippen molar-refractivity contribution in [1.82, 2.24) is 4.90 Å². The van der Waals surface area contributed by atoms with Crippen molar-refractivity contribution in [3.05, 3.63) is 46.7 Å². The van der Waals surface area contributed by atoms with Gasteiger partial charge in [-0.2, -0.15) is 0 Å². The molecule has 5 rings (SSSR count). The Morgan fingerprint density at radius 2 is 1.96 bits per heavy atom. The summed E-state index contributed by atoms with van der Waals surface area (Å²) in [5.74, 6) is 0.751. The minimum atomic E-state index is -0.485. The summed E-state index contributed by atoms with van der Waals surface area (Å²) in [6, 6.07) is 10.0. The maximum Gasteiger partial charge on any atom is 0.284 e. The monoisotopic (exact) mass is 376 g/mol. The van der Waals surface area contributed by atoms with Crippen LogP contribution in [-0.4, -0.2) is 29.9 Å². The van der Waals surface area contributed by atoms with E-state index in [-0.39, 0.29) is 0 Å². The maximum atomic E-state index is 12.0. The number of carbonyl (C=O) groups is 1. The Kier molecular flexibility index (Phi) is 4.56. The molecule has 2 aromatic rings. The third kappa shape index (κ3) is 3.21. The second-order valence-electron chi connectivity index (χ2n) is 6.91. The molecule has 3 aliphatic heterocycles. The third-order valence-electron chi connectivity index (χ3n) is 5.53. The van der Waals surface area contributed by atoms with Gasteiger partial charge in [-0.25, -0.2) is 0 Å². The van der Waals surface area contributed by atoms with Gasteiger partial charge in [0, 0.05) is 27.4 Å². The standard InChI is InChI=1S/C19H21ClN2O2S/c1-11-17(12-6-8-22(11)9-7-12)15-10-16(24-18(15)19(21)23)25-14-4-2-13(20)3-5-14/h2-5,10-12,17H,6-9H2,1H3,(H2,21,23)/t11-,17+/m0/s1. The lowest BCUT2D eigenvalue weighted by Crippen LogP contribution is -2.52. The lowest BCUT2D eigenvalue weighted by Gasteiger charge is -2.49. The number of rotatable bonds is 4. The van der Waals surface area contributed by atoms with Gasteiger partial charge < -0.3 is 15.1 Å². The van der Waals surface area contributed by atoms with E-state index in [1.54, 1.807) is 0 Å². The predicted molar refractivity (Wildman–Crippen MR) is 99.3 cm³/mol. The van der Waals surface area contributed by atoms with E-state index in [0.717, 1.165) is 23.5 Å². The van der Waals surface area contributed by atoms with E-state index < -0.39 is 5.91 Å². The Bertz CT molecular complexity index is 779. The van der Waals surface area contributed by atoms with Gasteiger partial charge in [-0.05, 0) is 69.1 Å². The molecule has 6 heteroatoms. The van der Waals surface area contributed by atoms with Crippen molar-refractivity contribution >= 4 is 29.3 Å². The van der Waals surface area contributed by atoms with E-state index in [9.17, 15) is 4.79 Å².